The molecule has 0 spiro atoms. The Morgan fingerprint density at radius 3 is 2.42 bits per heavy atom. The van der Waals surface area contributed by atoms with E-state index in [9.17, 15) is 8.42 Å². The van der Waals surface area contributed by atoms with Crippen molar-refractivity contribution >= 4 is 16.0 Å². The van der Waals surface area contributed by atoms with E-state index in [0.717, 1.165) is 32.1 Å². The van der Waals surface area contributed by atoms with Crippen LogP contribution in [0.4, 0.5) is 5.95 Å². The number of nitrogens with zero attached hydrogens (tertiary/aromatic N) is 6. The summed E-state index contributed by atoms with van der Waals surface area (Å²) in [6.45, 7) is 4.47. The average Bonchev–Trinajstić information content (AvgIpc) is 3.10. The Morgan fingerprint density at radius 1 is 1.08 bits per heavy atom. The van der Waals surface area contributed by atoms with Crippen molar-refractivity contribution in [3.05, 3.63) is 30.9 Å². The lowest BCUT2D eigenvalue weighted by Crippen LogP contribution is -2.64. The van der Waals surface area contributed by atoms with Crippen LogP contribution < -0.4 is 4.90 Å². The van der Waals surface area contributed by atoms with Crippen LogP contribution in [0.15, 0.2) is 40.3 Å². The van der Waals surface area contributed by atoms with Gasteiger partial charge in [0.05, 0.1) is 6.20 Å². The molecule has 0 saturated carbocycles. The quantitative estimate of drug-likeness (QED) is 0.739. The van der Waals surface area contributed by atoms with Gasteiger partial charge < -0.3 is 9.42 Å². The van der Waals surface area contributed by atoms with E-state index in [1.807, 2.05) is 0 Å². The molecule has 2 aliphatic rings. The summed E-state index contributed by atoms with van der Waals surface area (Å²) in [6.07, 6.45) is 5.89. The van der Waals surface area contributed by atoms with Crippen molar-refractivity contribution in [1.82, 2.24) is 24.3 Å². The molecule has 0 unspecified atom stereocenters. The maximum atomic E-state index is 12.3. The molecular weight excluding hydrogens is 332 g/mol. The van der Waals surface area contributed by atoms with Crippen LogP contribution in [0.2, 0.25) is 0 Å². The van der Waals surface area contributed by atoms with Crippen molar-refractivity contribution in [3.8, 4) is 0 Å². The second kappa shape index (κ2) is 6.11. The third-order valence-corrected chi connectivity index (χ3v) is 6.32. The van der Waals surface area contributed by atoms with Crippen molar-refractivity contribution in [2.75, 3.05) is 44.2 Å². The molecule has 2 aromatic heterocycles. The zero-order valence-corrected chi connectivity index (χ0v) is 13.8. The van der Waals surface area contributed by atoms with Crippen LogP contribution in [0.1, 0.15) is 0 Å². The van der Waals surface area contributed by atoms with Crippen LogP contribution >= 0.6 is 0 Å². The number of aromatic nitrogens is 3. The number of rotatable bonds is 4. The molecule has 10 heteroatoms. The van der Waals surface area contributed by atoms with Gasteiger partial charge >= 0.3 is 0 Å². The smallest absolute Gasteiger partial charge is 0.248 e. The molecular formula is C14H18N6O3S. The summed E-state index contributed by atoms with van der Waals surface area (Å²) in [7, 11) is -3.46. The summed E-state index contributed by atoms with van der Waals surface area (Å²) < 4.78 is 30.7. The highest BCUT2D eigenvalue weighted by molar-refractivity contribution is 7.89. The molecule has 2 saturated heterocycles. The van der Waals surface area contributed by atoms with E-state index >= 15 is 0 Å². The molecule has 2 aliphatic heterocycles. The Morgan fingerprint density at radius 2 is 1.79 bits per heavy atom. The fourth-order valence-corrected chi connectivity index (χ4v) is 4.43. The Hall–Kier alpha value is -2.04. The monoisotopic (exact) mass is 350 g/mol. The Kier molecular flexibility index (Phi) is 3.94. The first-order chi connectivity index (χ1) is 11.6. The highest BCUT2D eigenvalue weighted by Crippen LogP contribution is 2.25. The van der Waals surface area contributed by atoms with Gasteiger partial charge in [0, 0.05) is 57.7 Å². The summed E-state index contributed by atoms with van der Waals surface area (Å²) in [6, 6.07) is 2.07. The minimum absolute atomic E-state index is 0.118. The standard InChI is InChI=1S/C14H18N6O3S/c21-24(22,13-8-17-23-11-13)20-9-12(10-20)18-4-6-19(7-5-18)14-15-2-1-3-16-14/h1-3,8,11-12H,4-7,9-10H2. The zero-order valence-electron chi connectivity index (χ0n) is 13.0. The van der Waals surface area contributed by atoms with E-state index in [1.54, 1.807) is 18.5 Å². The van der Waals surface area contributed by atoms with Gasteiger partial charge in [0.15, 0.2) is 0 Å². The minimum atomic E-state index is -3.46. The molecule has 0 radical (unpaired) electrons. The molecule has 0 aromatic carbocycles. The summed E-state index contributed by atoms with van der Waals surface area (Å²) in [5.74, 6) is 0.752. The van der Waals surface area contributed by atoms with Crippen LogP contribution in [-0.2, 0) is 10.0 Å². The first kappa shape index (κ1) is 15.5. The molecule has 0 bridgehead atoms. The third kappa shape index (κ3) is 2.76. The van der Waals surface area contributed by atoms with E-state index < -0.39 is 10.0 Å². The number of sulfonamides is 1. The van der Waals surface area contributed by atoms with E-state index in [1.165, 1.54) is 16.8 Å². The highest BCUT2D eigenvalue weighted by atomic mass is 32.2. The average molecular weight is 350 g/mol. The molecule has 4 heterocycles. The van der Waals surface area contributed by atoms with Gasteiger partial charge in [-0.25, -0.2) is 18.4 Å². The normalized spacial score (nSPS) is 20.9. The number of anilines is 1. The van der Waals surface area contributed by atoms with Gasteiger partial charge in [-0.1, -0.05) is 5.16 Å². The van der Waals surface area contributed by atoms with Crippen LogP contribution in [-0.4, -0.2) is 78.1 Å². The van der Waals surface area contributed by atoms with E-state index in [4.69, 9.17) is 0 Å². The van der Waals surface area contributed by atoms with Crippen LogP contribution in [0.3, 0.4) is 0 Å². The molecule has 24 heavy (non-hydrogen) atoms. The van der Waals surface area contributed by atoms with Gasteiger partial charge in [-0.2, -0.15) is 4.31 Å². The SMILES string of the molecule is O=S(=O)(c1cnoc1)N1CC(N2CCN(c3ncccn3)CC2)C1. The predicted molar refractivity (Wildman–Crippen MR) is 84.9 cm³/mol. The molecule has 0 amide bonds. The van der Waals surface area contributed by atoms with Gasteiger partial charge in [-0.05, 0) is 6.07 Å². The van der Waals surface area contributed by atoms with Gasteiger partial charge in [-0.15, -0.1) is 0 Å². The molecule has 9 nitrogen and oxygen atoms in total. The molecule has 2 fully saturated rings. The van der Waals surface area contributed by atoms with Gasteiger partial charge in [0.1, 0.15) is 11.2 Å². The van der Waals surface area contributed by atoms with Crippen molar-refractivity contribution in [2.24, 2.45) is 0 Å². The van der Waals surface area contributed by atoms with Crippen molar-refractivity contribution in [1.29, 1.82) is 0 Å². The molecule has 128 valence electrons. The van der Waals surface area contributed by atoms with Crippen LogP contribution in [0, 0.1) is 0 Å². The Bertz CT molecular complexity index is 768. The Balaban J connectivity index is 1.31. The number of hydrogen-bond donors (Lipinski definition) is 0. The Labute approximate surface area is 139 Å². The highest BCUT2D eigenvalue weighted by Gasteiger charge is 2.41. The van der Waals surface area contributed by atoms with Gasteiger partial charge in [0.2, 0.25) is 16.0 Å². The predicted octanol–water partition coefficient (Wildman–Crippen LogP) is -0.340. The summed E-state index contributed by atoms with van der Waals surface area (Å²) in [5.41, 5.74) is 0. The number of hydrogen-bond acceptors (Lipinski definition) is 8. The van der Waals surface area contributed by atoms with Gasteiger partial charge in [0.25, 0.3) is 0 Å². The fraction of sp³-hybridized carbons (Fsp3) is 0.500. The van der Waals surface area contributed by atoms with Crippen LogP contribution in [0.25, 0.3) is 0 Å². The summed E-state index contributed by atoms with van der Waals surface area (Å²) in [5, 5.41) is 3.47. The molecule has 2 aromatic rings. The van der Waals surface area contributed by atoms with Crippen molar-refractivity contribution < 1.29 is 12.9 Å². The second-order valence-electron chi connectivity index (χ2n) is 5.91. The molecule has 0 aliphatic carbocycles. The maximum absolute atomic E-state index is 12.3. The molecule has 0 N–H and O–H groups in total. The first-order valence-corrected chi connectivity index (χ1v) is 9.24. The lowest BCUT2D eigenvalue weighted by Gasteiger charge is -2.47. The van der Waals surface area contributed by atoms with E-state index in [-0.39, 0.29) is 10.9 Å². The topological polar surface area (TPSA) is 95.7 Å². The summed E-state index contributed by atoms with van der Waals surface area (Å²) >= 11 is 0. The van der Waals surface area contributed by atoms with Gasteiger partial charge in [-0.3, -0.25) is 4.90 Å². The fourth-order valence-electron chi connectivity index (χ4n) is 3.06. The lowest BCUT2D eigenvalue weighted by atomic mass is 10.1. The van der Waals surface area contributed by atoms with Crippen molar-refractivity contribution in [3.63, 3.8) is 0 Å². The number of piperazine rings is 1. The lowest BCUT2D eigenvalue weighted by molar-refractivity contribution is 0.0825. The summed E-state index contributed by atoms with van der Waals surface area (Å²) in [4.78, 5) is 13.2. The minimum Gasteiger partial charge on any atom is -0.363 e. The van der Waals surface area contributed by atoms with E-state index in [2.05, 4.69) is 29.4 Å². The third-order valence-electron chi connectivity index (χ3n) is 4.54. The maximum Gasteiger partial charge on any atom is 0.248 e. The first-order valence-electron chi connectivity index (χ1n) is 7.80. The van der Waals surface area contributed by atoms with Crippen molar-refractivity contribution in [2.45, 2.75) is 10.9 Å². The molecule has 0 atom stereocenters. The second-order valence-corrected chi connectivity index (χ2v) is 7.85. The zero-order chi connectivity index (χ0) is 16.6. The van der Waals surface area contributed by atoms with E-state index in [0.29, 0.717) is 13.1 Å². The molecule has 4 rings (SSSR count). The van der Waals surface area contributed by atoms with Crippen LogP contribution in [0.5, 0.6) is 0 Å². The largest absolute Gasteiger partial charge is 0.363 e.